The second-order valence-electron chi connectivity index (χ2n) is 6.49. The molecule has 1 rings (SSSR count). The first-order valence-corrected chi connectivity index (χ1v) is 8.27. The first kappa shape index (κ1) is 26.3. The minimum absolute atomic E-state index is 0.469. The van der Waals surface area contributed by atoms with Crippen molar-refractivity contribution in [2.75, 3.05) is 0 Å². The summed E-state index contributed by atoms with van der Waals surface area (Å²) >= 11 is 0. The van der Waals surface area contributed by atoms with E-state index < -0.39 is 55.2 Å². The van der Waals surface area contributed by atoms with E-state index >= 15 is 0 Å². The first-order chi connectivity index (χ1) is 13.3. The molecule has 0 N–H and O–H groups in total. The van der Waals surface area contributed by atoms with Crippen LogP contribution in [-0.2, 0) is 13.1 Å². The fourth-order valence-corrected chi connectivity index (χ4v) is 2.40. The molecule has 15 heteroatoms. The van der Waals surface area contributed by atoms with Crippen LogP contribution in [0.1, 0.15) is 26.2 Å². The fraction of sp³-hybridized carbons (Fsp3) is 0.800. The topological polar surface area (TPSA) is 8.81 Å². The molecule has 1 aromatic heterocycles. The lowest BCUT2D eigenvalue weighted by Gasteiger charge is -2.39. The Balaban J connectivity index is 3.04. The second-order valence-corrected chi connectivity index (χ2v) is 6.49. The average molecular weight is 471 g/mol. The van der Waals surface area contributed by atoms with Gasteiger partial charge < -0.3 is 0 Å². The summed E-state index contributed by atoms with van der Waals surface area (Å²) in [7, 11) is 0. The van der Waals surface area contributed by atoms with Crippen LogP contribution >= 0.6 is 0 Å². The number of aromatic nitrogens is 2. The monoisotopic (exact) mass is 471 g/mol. The number of alkyl halides is 13. The number of hydrogen-bond acceptors (Lipinski definition) is 0. The molecule has 0 atom stereocenters. The van der Waals surface area contributed by atoms with Gasteiger partial charge >= 0.3 is 35.8 Å². The maximum absolute atomic E-state index is 13.6. The molecule has 0 aromatic carbocycles. The van der Waals surface area contributed by atoms with Crippen LogP contribution in [0.4, 0.5) is 57.1 Å². The van der Waals surface area contributed by atoms with Gasteiger partial charge in [-0.15, -0.1) is 0 Å². The molecule has 0 radical (unpaired) electrons. The maximum Gasteiger partial charge on any atom is 0.460 e. The Morgan fingerprint density at radius 2 is 1.23 bits per heavy atom. The minimum Gasteiger partial charge on any atom is -0.237 e. The minimum atomic E-state index is -7.85. The highest BCUT2D eigenvalue weighted by Gasteiger charge is 2.90. The van der Waals surface area contributed by atoms with Gasteiger partial charge in [0.05, 0.1) is 13.1 Å². The van der Waals surface area contributed by atoms with Crippen molar-refractivity contribution in [1.29, 1.82) is 0 Å². The van der Waals surface area contributed by atoms with Gasteiger partial charge in [-0.2, -0.15) is 57.1 Å². The fourth-order valence-electron chi connectivity index (χ4n) is 2.40. The maximum atomic E-state index is 13.6. The molecule has 0 amide bonds. The summed E-state index contributed by atoms with van der Waals surface area (Å²) in [6.45, 7) is 1.82. The molecule has 0 aliphatic heterocycles. The van der Waals surface area contributed by atoms with E-state index in [9.17, 15) is 57.1 Å². The highest BCUT2D eigenvalue weighted by Crippen LogP contribution is 2.60. The van der Waals surface area contributed by atoms with E-state index in [2.05, 4.69) is 0 Å². The second kappa shape index (κ2) is 8.09. The summed E-state index contributed by atoms with van der Waals surface area (Å²) in [5.74, 6) is -36.5. The molecular weight excluding hydrogens is 455 g/mol. The van der Waals surface area contributed by atoms with Gasteiger partial charge in [0.1, 0.15) is 12.4 Å². The molecule has 0 aliphatic rings. The van der Waals surface area contributed by atoms with Crippen molar-refractivity contribution in [2.24, 2.45) is 0 Å². The Bertz CT molecular complexity index is 706. The van der Waals surface area contributed by atoms with Crippen molar-refractivity contribution in [1.82, 2.24) is 4.57 Å². The van der Waals surface area contributed by atoms with Crippen LogP contribution in [-0.4, -0.2) is 40.4 Å². The number of aryl methyl sites for hydroxylation is 2. The summed E-state index contributed by atoms with van der Waals surface area (Å²) in [5, 5.41) is 0. The zero-order valence-electron chi connectivity index (χ0n) is 15.1. The largest absolute Gasteiger partial charge is 0.460 e. The lowest BCUT2D eigenvalue weighted by molar-refractivity contribution is -0.696. The van der Waals surface area contributed by atoms with Gasteiger partial charge in [-0.3, -0.25) is 0 Å². The Kier molecular flexibility index (Phi) is 7.11. The van der Waals surface area contributed by atoms with Gasteiger partial charge in [0, 0.05) is 6.42 Å². The molecule has 0 unspecified atom stereocenters. The predicted octanol–water partition coefficient (Wildman–Crippen LogP) is 5.70. The molecule has 0 fully saturated rings. The molecule has 2 nitrogen and oxygen atoms in total. The van der Waals surface area contributed by atoms with Gasteiger partial charge in [0.15, 0.2) is 0 Å². The van der Waals surface area contributed by atoms with Crippen molar-refractivity contribution in [3.63, 3.8) is 0 Å². The summed E-state index contributed by atoms with van der Waals surface area (Å²) in [4.78, 5) is 0. The Hall–Kier alpha value is -1.70. The number of rotatable bonds is 10. The van der Waals surface area contributed by atoms with E-state index in [1.807, 2.05) is 0 Å². The van der Waals surface area contributed by atoms with Gasteiger partial charge in [0.25, 0.3) is 0 Å². The lowest BCUT2D eigenvalue weighted by atomic mass is 9.92. The number of imidazole rings is 1. The molecule has 0 bridgehead atoms. The molecule has 0 saturated heterocycles. The third-order valence-corrected chi connectivity index (χ3v) is 4.13. The molecule has 1 aromatic rings. The van der Waals surface area contributed by atoms with E-state index in [0.717, 1.165) is 0 Å². The number of halogens is 13. The van der Waals surface area contributed by atoms with E-state index in [0.29, 0.717) is 13.0 Å². The normalized spacial score (nSPS) is 15.0. The molecule has 1 heterocycles. The lowest BCUT2D eigenvalue weighted by Crippen LogP contribution is -2.70. The van der Waals surface area contributed by atoms with E-state index in [1.54, 1.807) is 11.5 Å². The molecule has 0 aliphatic carbocycles. The third-order valence-electron chi connectivity index (χ3n) is 4.13. The Morgan fingerprint density at radius 3 is 1.70 bits per heavy atom. The first-order valence-electron chi connectivity index (χ1n) is 8.27. The summed E-state index contributed by atoms with van der Waals surface area (Å²) in [6, 6.07) is 0. The summed E-state index contributed by atoms with van der Waals surface area (Å²) in [5.41, 5.74) is 0. The molecule has 176 valence electrons. The number of nitrogens with zero attached hydrogens (tertiary/aromatic N) is 2. The van der Waals surface area contributed by atoms with Crippen LogP contribution in [0.5, 0.6) is 0 Å². The van der Waals surface area contributed by atoms with Crippen molar-refractivity contribution >= 4 is 0 Å². The van der Waals surface area contributed by atoms with Crippen molar-refractivity contribution < 1.29 is 61.6 Å². The van der Waals surface area contributed by atoms with Crippen LogP contribution in [0.3, 0.4) is 0 Å². The van der Waals surface area contributed by atoms with Gasteiger partial charge in [-0.1, -0.05) is 6.92 Å². The van der Waals surface area contributed by atoms with Crippen LogP contribution in [0.2, 0.25) is 0 Å². The quantitative estimate of drug-likeness (QED) is 0.306. The molecule has 0 spiro atoms. The third kappa shape index (κ3) is 4.34. The standard InChI is InChI=1S/C15H16F13N2/c1-2-5-29-7-8-30(9-29)6-3-4-10(16,17)11(18,19)12(20,21)13(22,23)14(24,25)15(26,27)28/h7-9H,2-6H2,1H3/q+1. The highest BCUT2D eigenvalue weighted by molar-refractivity contribution is 5.10. The zero-order chi connectivity index (χ0) is 23.8. The molecular formula is C15H16F13N2+. The summed E-state index contributed by atoms with van der Waals surface area (Å²) < 4.78 is 171. The van der Waals surface area contributed by atoms with Crippen molar-refractivity contribution in [2.45, 2.75) is 75.1 Å². The predicted molar refractivity (Wildman–Crippen MR) is 74.9 cm³/mol. The molecule has 30 heavy (non-hydrogen) atoms. The Morgan fingerprint density at radius 1 is 0.733 bits per heavy atom. The summed E-state index contributed by atoms with van der Waals surface area (Å²) in [6.07, 6.45) is -5.80. The Labute approximate surface area is 161 Å². The zero-order valence-corrected chi connectivity index (χ0v) is 15.1. The van der Waals surface area contributed by atoms with Crippen LogP contribution < -0.4 is 4.57 Å². The van der Waals surface area contributed by atoms with Gasteiger partial charge in [0.2, 0.25) is 6.33 Å². The highest BCUT2D eigenvalue weighted by atomic mass is 19.4. The smallest absolute Gasteiger partial charge is 0.237 e. The van der Waals surface area contributed by atoms with Gasteiger partial charge in [-0.05, 0) is 12.8 Å². The van der Waals surface area contributed by atoms with Crippen LogP contribution in [0.25, 0.3) is 0 Å². The van der Waals surface area contributed by atoms with Crippen LogP contribution in [0, 0.1) is 0 Å². The van der Waals surface area contributed by atoms with E-state index in [1.165, 1.54) is 23.3 Å². The average Bonchev–Trinajstić information content (AvgIpc) is 3.00. The van der Waals surface area contributed by atoms with Crippen molar-refractivity contribution in [3.8, 4) is 0 Å². The van der Waals surface area contributed by atoms with Crippen LogP contribution in [0.15, 0.2) is 18.7 Å². The van der Waals surface area contributed by atoms with E-state index in [-0.39, 0.29) is 0 Å². The SMILES string of the molecule is CCC[n+]1ccn(CCCC(F)(F)C(F)(F)C(F)(F)C(F)(F)C(F)(F)C(F)(F)F)c1. The number of hydrogen-bond donors (Lipinski definition) is 0. The van der Waals surface area contributed by atoms with Gasteiger partial charge in [-0.25, -0.2) is 9.13 Å². The van der Waals surface area contributed by atoms with Crippen molar-refractivity contribution in [3.05, 3.63) is 18.7 Å². The van der Waals surface area contributed by atoms with E-state index in [4.69, 9.17) is 0 Å². The molecule has 0 saturated carbocycles.